The van der Waals surface area contributed by atoms with Crippen molar-refractivity contribution in [2.75, 3.05) is 5.32 Å². The van der Waals surface area contributed by atoms with Gasteiger partial charge in [-0.05, 0) is 28.4 Å². The normalized spacial score (nSPS) is 21.9. The minimum atomic E-state index is -0.207. The van der Waals surface area contributed by atoms with Crippen LogP contribution >= 0.6 is 0 Å². The average molecular weight is 350 g/mol. The van der Waals surface area contributed by atoms with Gasteiger partial charge in [0.15, 0.2) is 5.78 Å². The number of benzene rings is 1. The second kappa shape index (κ2) is 5.53. The van der Waals surface area contributed by atoms with E-state index < -0.39 is 0 Å². The molecule has 0 unspecified atom stereocenters. The van der Waals surface area contributed by atoms with Gasteiger partial charge in [-0.3, -0.25) is 4.79 Å². The van der Waals surface area contributed by atoms with Crippen LogP contribution in [0.25, 0.3) is 0 Å². The predicted molar refractivity (Wildman–Crippen MR) is 102 cm³/mol. The molecule has 0 saturated carbocycles. The number of ketones is 1. The lowest BCUT2D eigenvalue weighted by molar-refractivity contribution is -0.118. The van der Waals surface area contributed by atoms with Crippen LogP contribution in [0.2, 0.25) is 0 Å². The highest BCUT2D eigenvalue weighted by Crippen LogP contribution is 2.45. The topological polar surface area (TPSA) is 59.8 Å². The molecule has 26 heavy (non-hydrogen) atoms. The zero-order valence-corrected chi connectivity index (χ0v) is 16.1. The number of aromatic nitrogens is 3. The number of hydrogen-bond donors (Lipinski definition) is 1. The number of rotatable bonds is 1. The average Bonchev–Trinajstić information content (AvgIpc) is 2.99. The fourth-order valence-electron chi connectivity index (χ4n) is 4.02. The number of hydrogen-bond acceptors (Lipinski definition) is 4. The summed E-state index contributed by atoms with van der Waals surface area (Å²) in [4.78, 5) is 17.4. The second-order valence-electron chi connectivity index (χ2n) is 9.26. The molecule has 2 aromatic rings. The van der Waals surface area contributed by atoms with E-state index in [-0.39, 0.29) is 22.7 Å². The molecule has 0 bridgehead atoms. The summed E-state index contributed by atoms with van der Waals surface area (Å²) < 4.78 is 1.83. The smallest absolute Gasteiger partial charge is 0.226 e. The van der Waals surface area contributed by atoms with Gasteiger partial charge in [-0.2, -0.15) is 10.1 Å². The lowest BCUT2D eigenvalue weighted by Crippen LogP contribution is -2.36. The van der Waals surface area contributed by atoms with Gasteiger partial charge < -0.3 is 5.32 Å². The number of fused-ring (bicyclic) bond motifs is 1. The fraction of sp³-hybridized carbons (Fsp3) is 0.476. The van der Waals surface area contributed by atoms with Crippen LogP contribution in [-0.4, -0.2) is 20.5 Å². The summed E-state index contributed by atoms with van der Waals surface area (Å²) in [5, 5.41) is 7.75. The molecule has 0 fully saturated rings. The Labute approximate surface area is 154 Å². The van der Waals surface area contributed by atoms with Gasteiger partial charge in [0.1, 0.15) is 12.4 Å². The van der Waals surface area contributed by atoms with Crippen LogP contribution in [0, 0.1) is 5.41 Å². The van der Waals surface area contributed by atoms with Gasteiger partial charge in [0.2, 0.25) is 5.95 Å². The van der Waals surface area contributed by atoms with Gasteiger partial charge in [-0.15, -0.1) is 0 Å². The van der Waals surface area contributed by atoms with Crippen molar-refractivity contribution in [1.29, 1.82) is 0 Å². The van der Waals surface area contributed by atoms with Crippen molar-refractivity contribution in [3.63, 3.8) is 0 Å². The van der Waals surface area contributed by atoms with E-state index >= 15 is 0 Å². The van der Waals surface area contributed by atoms with E-state index in [0.29, 0.717) is 12.4 Å². The van der Waals surface area contributed by atoms with Crippen molar-refractivity contribution in [1.82, 2.24) is 14.8 Å². The maximum absolute atomic E-state index is 13.0. The molecule has 2 heterocycles. The molecule has 1 N–H and O–H groups in total. The van der Waals surface area contributed by atoms with Gasteiger partial charge in [-0.1, -0.05) is 58.9 Å². The van der Waals surface area contributed by atoms with Gasteiger partial charge in [-0.25, -0.2) is 4.68 Å². The first-order chi connectivity index (χ1) is 12.2. The van der Waals surface area contributed by atoms with Gasteiger partial charge in [0.05, 0.1) is 0 Å². The third-order valence-corrected chi connectivity index (χ3v) is 5.37. The SMILES string of the molecule is CC1(C)CC(=O)C2=C(C1)Nc1ncnn1[C@@H]2c1ccc(C(C)(C)C)cc1. The molecule has 5 heteroatoms. The Balaban J connectivity index is 1.83. The zero-order valence-electron chi connectivity index (χ0n) is 16.1. The monoisotopic (exact) mass is 350 g/mol. The van der Waals surface area contributed by atoms with Gasteiger partial charge in [0.25, 0.3) is 0 Å². The molecule has 0 spiro atoms. The summed E-state index contributed by atoms with van der Waals surface area (Å²) in [6.45, 7) is 10.9. The summed E-state index contributed by atoms with van der Waals surface area (Å²) in [5.74, 6) is 0.911. The Morgan fingerprint density at radius 1 is 1.15 bits per heavy atom. The number of anilines is 1. The van der Waals surface area contributed by atoms with Gasteiger partial charge in [0, 0.05) is 17.7 Å². The molecule has 1 aromatic carbocycles. The first-order valence-corrected chi connectivity index (χ1v) is 9.19. The maximum atomic E-state index is 13.0. The summed E-state index contributed by atoms with van der Waals surface area (Å²) >= 11 is 0. The van der Waals surface area contributed by atoms with Crippen LogP contribution < -0.4 is 5.32 Å². The second-order valence-corrected chi connectivity index (χ2v) is 9.26. The molecule has 1 aliphatic heterocycles. The first-order valence-electron chi connectivity index (χ1n) is 9.19. The molecule has 1 aliphatic carbocycles. The van der Waals surface area contributed by atoms with Crippen LogP contribution in [0.3, 0.4) is 0 Å². The molecule has 4 rings (SSSR count). The minimum Gasteiger partial charge on any atom is -0.328 e. The Kier molecular flexibility index (Phi) is 3.62. The Morgan fingerprint density at radius 2 is 1.85 bits per heavy atom. The van der Waals surface area contributed by atoms with Crippen LogP contribution in [-0.2, 0) is 10.2 Å². The molecular formula is C21H26N4O. The largest absolute Gasteiger partial charge is 0.328 e. The summed E-state index contributed by atoms with van der Waals surface area (Å²) in [6, 6.07) is 8.36. The van der Waals surface area contributed by atoms with E-state index in [0.717, 1.165) is 23.3 Å². The first kappa shape index (κ1) is 17.0. The van der Waals surface area contributed by atoms with E-state index in [1.165, 1.54) is 5.56 Å². The molecule has 0 saturated heterocycles. The van der Waals surface area contributed by atoms with E-state index in [9.17, 15) is 4.79 Å². The molecule has 0 amide bonds. The van der Waals surface area contributed by atoms with Crippen molar-refractivity contribution in [3.8, 4) is 0 Å². The van der Waals surface area contributed by atoms with Gasteiger partial charge >= 0.3 is 0 Å². The minimum absolute atomic E-state index is 0.0360. The summed E-state index contributed by atoms with van der Waals surface area (Å²) in [6.07, 6.45) is 2.96. The number of Topliss-reactive ketones (excluding diaryl/α,β-unsaturated/α-hetero) is 1. The lowest BCUT2D eigenvalue weighted by atomic mass is 9.73. The number of carbonyl (C=O) groups excluding carboxylic acids is 1. The number of allylic oxidation sites excluding steroid dienone is 2. The summed E-state index contributed by atoms with van der Waals surface area (Å²) in [7, 11) is 0. The van der Waals surface area contributed by atoms with Crippen molar-refractivity contribution >= 4 is 11.7 Å². The van der Waals surface area contributed by atoms with E-state index in [1.54, 1.807) is 6.33 Å². The molecule has 136 valence electrons. The third-order valence-electron chi connectivity index (χ3n) is 5.37. The Morgan fingerprint density at radius 3 is 2.50 bits per heavy atom. The molecule has 2 aliphatic rings. The van der Waals surface area contributed by atoms with E-state index in [4.69, 9.17) is 0 Å². The lowest BCUT2D eigenvalue weighted by Gasteiger charge is -2.38. The van der Waals surface area contributed by atoms with Crippen molar-refractivity contribution < 1.29 is 4.79 Å². The molecule has 1 atom stereocenters. The molecule has 0 radical (unpaired) electrons. The van der Waals surface area contributed by atoms with Crippen molar-refractivity contribution in [2.45, 2.75) is 58.9 Å². The van der Waals surface area contributed by atoms with Crippen LogP contribution in [0.15, 0.2) is 41.9 Å². The van der Waals surface area contributed by atoms with E-state index in [2.05, 4.69) is 74.3 Å². The van der Waals surface area contributed by atoms with E-state index in [1.807, 2.05) is 4.68 Å². The fourth-order valence-corrected chi connectivity index (χ4v) is 4.02. The van der Waals surface area contributed by atoms with Crippen molar-refractivity contribution in [3.05, 3.63) is 53.0 Å². The summed E-state index contributed by atoms with van der Waals surface area (Å²) in [5.41, 5.74) is 4.25. The highest BCUT2D eigenvalue weighted by atomic mass is 16.1. The quantitative estimate of drug-likeness (QED) is 0.836. The zero-order chi connectivity index (χ0) is 18.7. The van der Waals surface area contributed by atoms with Crippen molar-refractivity contribution in [2.24, 2.45) is 5.41 Å². The Hall–Kier alpha value is -2.43. The molecule has 1 aromatic heterocycles. The number of nitrogens with zero attached hydrogens (tertiary/aromatic N) is 3. The number of nitrogens with one attached hydrogen (secondary N) is 1. The van der Waals surface area contributed by atoms with Crippen LogP contribution in [0.1, 0.15) is 64.6 Å². The molecular weight excluding hydrogens is 324 g/mol. The highest BCUT2D eigenvalue weighted by Gasteiger charge is 2.41. The predicted octanol–water partition coefficient (Wildman–Crippen LogP) is 4.23. The maximum Gasteiger partial charge on any atom is 0.226 e. The van der Waals surface area contributed by atoms with Crippen LogP contribution in [0.4, 0.5) is 5.95 Å². The highest BCUT2D eigenvalue weighted by molar-refractivity contribution is 6.00. The standard InChI is InChI=1S/C21H26N4O/c1-20(2,3)14-8-6-13(7-9-14)18-17-15(10-21(4,5)11-16(17)26)24-19-22-12-23-25(18)19/h6-9,12,18H,10-11H2,1-5H3,(H,22,23,24)/t18-/m1/s1. The number of carbonyl (C=O) groups is 1. The molecule has 5 nitrogen and oxygen atoms in total. The van der Waals surface area contributed by atoms with Crippen LogP contribution in [0.5, 0.6) is 0 Å². The third kappa shape index (κ3) is 2.75. The Bertz CT molecular complexity index is 897.